The summed E-state index contributed by atoms with van der Waals surface area (Å²) in [5.74, 6) is -2.23. The summed E-state index contributed by atoms with van der Waals surface area (Å²) in [5.41, 5.74) is 0. The van der Waals surface area contributed by atoms with Crippen LogP contribution in [0.15, 0.2) is 0 Å². The van der Waals surface area contributed by atoms with Gasteiger partial charge >= 0.3 is 0 Å². The molecule has 25 atom stereocenters. The number of hydrogen-bond donors (Lipinski definition) is 17. The predicted octanol–water partition coefficient (Wildman–Crippen LogP) is -11.5. The van der Waals surface area contributed by atoms with Crippen molar-refractivity contribution in [2.24, 2.45) is 0 Å². The Labute approximate surface area is 369 Å². The molecule has 5 aliphatic heterocycles. The molecule has 0 aromatic heterocycles. The Hall–Kier alpha value is -2.51. The number of aliphatic hydroxyl groups is 14. The van der Waals surface area contributed by atoms with E-state index in [1.165, 1.54) is 0 Å². The molecule has 0 bridgehead atoms. The zero-order valence-corrected chi connectivity index (χ0v) is 35.1. The van der Waals surface area contributed by atoms with Crippen LogP contribution in [0.25, 0.3) is 0 Å². The third kappa shape index (κ3) is 12.0. The highest BCUT2D eigenvalue weighted by molar-refractivity contribution is 5.74. The highest BCUT2D eigenvalue weighted by Crippen LogP contribution is 2.34. The standard InChI is InChI=1S/C36H61N3O26/c1-9(44)37-17-24(51)20(47)12(4-40)60-34(17)63-29-15(7-43)62-36(28(55)26(29)53)65-31-19(39-11(3)46)33(59-14(6-42)22(31)49)57-8-16-23(50)30(18(32(56)58-16)38-10(2)45)64-35-27(54)25(52)21(48)13(5-41)61-35/h12-36,40-43,47-56H,4-8H2,1-3H3,(H,37,44)(H,38,45)(H,39,46)/t12-,13-,14-,15-,16-,17-,18-,19-,20-,21+,22-,23+,24-,25+,26-,27-,28-,29+,30-,31-,32+,33-,34+,35+,36+/m1/s1. The van der Waals surface area contributed by atoms with Crippen LogP contribution < -0.4 is 16.0 Å². The average molecular weight is 952 g/mol. The van der Waals surface area contributed by atoms with E-state index in [9.17, 15) is 85.9 Å². The number of nitrogens with one attached hydrogen (secondary N) is 3. The molecule has 5 fully saturated rings. The maximum Gasteiger partial charge on any atom is 0.217 e. The molecule has 0 aliphatic carbocycles. The van der Waals surface area contributed by atoms with Gasteiger partial charge in [-0.1, -0.05) is 0 Å². The van der Waals surface area contributed by atoms with Gasteiger partial charge in [0.2, 0.25) is 17.7 Å². The first-order valence-corrected chi connectivity index (χ1v) is 20.6. The van der Waals surface area contributed by atoms with Crippen LogP contribution in [0, 0.1) is 0 Å². The lowest BCUT2D eigenvalue weighted by Gasteiger charge is -2.49. The normalized spacial score (nSPS) is 47.1. The van der Waals surface area contributed by atoms with Gasteiger partial charge in [-0.3, -0.25) is 14.4 Å². The second-order valence-corrected chi connectivity index (χ2v) is 16.2. The molecule has 0 spiro atoms. The molecule has 29 heteroatoms. The Morgan fingerprint density at radius 1 is 0.400 bits per heavy atom. The zero-order valence-electron chi connectivity index (χ0n) is 35.1. The monoisotopic (exact) mass is 951 g/mol. The van der Waals surface area contributed by atoms with E-state index in [0.29, 0.717) is 0 Å². The van der Waals surface area contributed by atoms with Crippen LogP contribution in [0.1, 0.15) is 20.8 Å². The molecule has 5 heterocycles. The van der Waals surface area contributed by atoms with E-state index in [-0.39, 0.29) is 0 Å². The number of aliphatic hydroxyl groups excluding tert-OH is 14. The number of carbonyl (C=O) groups is 3. The average Bonchev–Trinajstić information content (AvgIpc) is 3.25. The number of carbonyl (C=O) groups excluding carboxylic acids is 3. The summed E-state index contributed by atoms with van der Waals surface area (Å²) in [4.78, 5) is 36.6. The second-order valence-electron chi connectivity index (χ2n) is 16.2. The maximum absolute atomic E-state index is 12.6. The molecule has 376 valence electrons. The van der Waals surface area contributed by atoms with Crippen molar-refractivity contribution >= 4 is 17.7 Å². The summed E-state index contributed by atoms with van der Waals surface area (Å²) in [6.07, 6.45) is -39.4. The van der Waals surface area contributed by atoms with E-state index >= 15 is 0 Å². The summed E-state index contributed by atoms with van der Waals surface area (Å²) < 4.78 is 51.3. The molecule has 5 aliphatic rings. The fourth-order valence-electron chi connectivity index (χ4n) is 8.14. The minimum atomic E-state index is -2.13. The van der Waals surface area contributed by atoms with Gasteiger partial charge in [-0.25, -0.2) is 0 Å². The van der Waals surface area contributed by atoms with Crippen molar-refractivity contribution in [3.8, 4) is 0 Å². The second kappa shape index (κ2) is 23.2. The number of ether oxygens (including phenoxy) is 9. The largest absolute Gasteiger partial charge is 0.394 e. The highest BCUT2D eigenvalue weighted by Gasteiger charge is 2.56. The molecular formula is C36H61N3O26. The Morgan fingerprint density at radius 2 is 0.800 bits per heavy atom. The van der Waals surface area contributed by atoms with Crippen molar-refractivity contribution in [3.05, 3.63) is 0 Å². The van der Waals surface area contributed by atoms with Crippen LogP contribution >= 0.6 is 0 Å². The van der Waals surface area contributed by atoms with Crippen molar-refractivity contribution in [3.63, 3.8) is 0 Å². The fourth-order valence-corrected chi connectivity index (χ4v) is 8.14. The third-order valence-corrected chi connectivity index (χ3v) is 11.5. The summed E-state index contributed by atoms with van der Waals surface area (Å²) in [6.45, 7) is -1.17. The van der Waals surface area contributed by atoms with Crippen molar-refractivity contribution in [1.82, 2.24) is 16.0 Å². The van der Waals surface area contributed by atoms with Gasteiger partial charge in [-0.05, 0) is 0 Å². The minimum Gasteiger partial charge on any atom is -0.394 e. The molecule has 29 nitrogen and oxygen atoms in total. The van der Waals surface area contributed by atoms with Gasteiger partial charge in [0, 0.05) is 20.8 Å². The maximum atomic E-state index is 12.6. The molecule has 0 aromatic rings. The summed E-state index contributed by atoms with van der Waals surface area (Å²) >= 11 is 0. The van der Waals surface area contributed by atoms with E-state index < -0.39 is 204 Å². The Morgan fingerprint density at radius 3 is 1.34 bits per heavy atom. The molecule has 5 saturated heterocycles. The van der Waals surface area contributed by atoms with Crippen LogP contribution in [0.5, 0.6) is 0 Å². The first-order chi connectivity index (χ1) is 30.7. The zero-order chi connectivity index (χ0) is 48.2. The van der Waals surface area contributed by atoms with Gasteiger partial charge < -0.3 is 130 Å². The van der Waals surface area contributed by atoms with Gasteiger partial charge in [0.25, 0.3) is 0 Å². The van der Waals surface area contributed by atoms with Crippen molar-refractivity contribution in [2.45, 2.75) is 174 Å². The number of hydrogen-bond acceptors (Lipinski definition) is 26. The highest BCUT2D eigenvalue weighted by atomic mass is 16.8. The van der Waals surface area contributed by atoms with Crippen LogP contribution in [0.2, 0.25) is 0 Å². The molecule has 5 rings (SSSR count). The molecule has 3 amide bonds. The molecule has 65 heavy (non-hydrogen) atoms. The topological polar surface area (TPSA) is 454 Å². The summed E-state index contributed by atoms with van der Waals surface area (Å²) in [5, 5.41) is 156. The Balaban J connectivity index is 1.34. The first-order valence-electron chi connectivity index (χ1n) is 20.6. The minimum absolute atomic E-state index is 0.707. The summed E-state index contributed by atoms with van der Waals surface area (Å²) in [7, 11) is 0. The fraction of sp³-hybridized carbons (Fsp3) is 0.917. The van der Waals surface area contributed by atoms with Crippen molar-refractivity contribution in [1.29, 1.82) is 0 Å². The van der Waals surface area contributed by atoms with Gasteiger partial charge in [-0.15, -0.1) is 0 Å². The smallest absolute Gasteiger partial charge is 0.217 e. The number of rotatable bonds is 16. The van der Waals surface area contributed by atoms with Crippen LogP contribution in [0.3, 0.4) is 0 Å². The lowest BCUT2D eigenvalue weighted by Crippen LogP contribution is -2.70. The van der Waals surface area contributed by atoms with Gasteiger partial charge in [0.05, 0.1) is 33.0 Å². The molecule has 0 unspecified atom stereocenters. The lowest BCUT2D eigenvalue weighted by atomic mass is 9.94. The van der Waals surface area contributed by atoms with E-state index in [1.54, 1.807) is 0 Å². The van der Waals surface area contributed by atoms with E-state index in [2.05, 4.69) is 16.0 Å². The SMILES string of the molecule is CC(=O)N[C@@H]1[C@@H](O[C@@H]2O[C@H](CO)[C@H](O)[C@H](O)[C@H]2O)[C@@H](O)[C@@H](CO[C@@H]2O[C@H](CO)[C@@H](O)[C@H](O[C@@H]3O[C@H](CO)[C@H](O[C@@H]4O[C@H](CO)[C@@H](O)[C@H](O)[C@H]4NC(C)=O)[C@H](O)[C@H]3O)[C@H]2NC(C)=O)O[C@@H]1O. The molecule has 17 N–H and O–H groups in total. The van der Waals surface area contributed by atoms with Gasteiger partial charge in [0.1, 0.15) is 122 Å². The predicted molar refractivity (Wildman–Crippen MR) is 201 cm³/mol. The van der Waals surface area contributed by atoms with Crippen LogP contribution in [0.4, 0.5) is 0 Å². The van der Waals surface area contributed by atoms with Crippen molar-refractivity contribution in [2.75, 3.05) is 33.0 Å². The van der Waals surface area contributed by atoms with E-state index in [0.717, 1.165) is 20.8 Å². The Kier molecular flexibility index (Phi) is 19.1. The number of amides is 3. The van der Waals surface area contributed by atoms with Crippen LogP contribution in [-0.2, 0) is 57.0 Å². The molecule has 0 aromatic carbocycles. The van der Waals surface area contributed by atoms with Crippen LogP contribution in [-0.4, -0.2) is 276 Å². The molecule has 0 radical (unpaired) electrons. The third-order valence-electron chi connectivity index (χ3n) is 11.5. The van der Waals surface area contributed by atoms with E-state index in [4.69, 9.17) is 42.6 Å². The quantitative estimate of drug-likeness (QED) is 0.0683. The van der Waals surface area contributed by atoms with Gasteiger partial charge in [-0.2, -0.15) is 0 Å². The van der Waals surface area contributed by atoms with E-state index in [1.807, 2.05) is 0 Å². The van der Waals surface area contributed by atoms with Crippen molar-refractivity contribution < 1.29 is 129 Å². The summed E-state index contributed by atoms with van der Waals surface area (Å²) in [6, 6.07) is -4.70. The molecule has 0 saturated carbocycles. The first kappa shape index (κ1) is 53.4. The molecular weight excluding hydrogens is 890 g/mol. The van der Waals surface area contributed by atoms with Gasteiger partial charge in [0.15, 0.2) is 31.5 Å². The Bertz CT molecular complexity index is 1550. The lowest BCUT2D eigenvalue weighted by molar-refractivity contribution is -0.368.